The van der Waals surface area contributed by atoms with E-state index in [1.807, 2.05) is 46.2 Å². The summed E-state index contributed by atoms with van der Waals surface area (Å²) in [4.78, 5) is 29.4. The van der Waals surface area contributed by atoms with Gasteiger partial charge in [0, 0.05) is 69.1 Å². The molecule has 2 amide bonds. The molecule has 1 unspecified atom stereocenters. The van der Waals surface area contributed by atoms with Gasteiger partial charge in [0.25, 0.3) is 0 Å². The smallest absolute Gasteiger partial charge is 0.223 e. The average molecular weight is 572 g/mol. The van der Waals surface area contributed by atoms with Gasteiger partial charge in [0.1, 0.15) is 12.4 Å². The second-order valence-electron chi connectivity index (χ2n) is 11.2. The summed E-state index contributed by atoms with van der Waals surface area (Å²) in [6, 6.07) is 37.2. The molecule has 43 heavy (non-hydrogen) atoms. The van der Waals surface area contributed by atoms with E-state index >= 15 is 0 Å². The van der Waals surface area contributed by atoms with E-state index in [9.17, 15) is 9.59 Å². The maximum atomic E-state index is 13.8. The van der Waals surface area contributed by atoms with E-state index in [-0.39, 0.29) is 17.7 Å². The summed E-state index contributed by atoms with van der Waals surface area (Å²) in [7, 11) is 0. The predicted molar refractivity (Wildman–Crippen MR) is 170 cm³/mol. The number of hydrogen-bond acceptors (Lipinski definition) is 3. The Bertz CT molecular complexity index is 1690. The Hall–Kier alpha value is -4.84. The van der Waals surface area contributed by atoms with Gasteiger partial charge in [-0.3, -0.25) is 9.59 Å². The molecule has 0 radical (unpaired) electrons. The van der Waals surface area contributed by atoms with Gasteiger partial charge in [0.2, 0.25) is 11.8 Å². The van der Waals surface area contributed by atoms with Crippen molar-refractivity contribution in [2.75, 3.05) is 26.2 Å². The van der Waals surface area contributed by atoms with E-state index in [4.69, 9.17) is 4.74 Å². The van der Waals surface area contributed by atoms with Crippen molar-refractivity contribution < 1.29 is 14.3 Å². The van der Waals surface area contributed by atoms with Gasteiger partial charge in [-0.25, -0.2) is 0 Å². The third-order valence-electron chi connectivity index (χ3n) is 8.36. The molecule has 0 spiro atoms. The molecule has 6 rings (SSSR count). The van der Waals surface area contributed by atoms with Crippen molar-refractivity contribution in [3.05, 3.63) is 138 Å². The fraction of sp³-hybridized carbons (Fsp3) is 0.243. The molecule has 1 aromatic heterocycles. The van der Waals surface area contributed by atoms with E-state index in [0.717, 1.165) is 39.9 Å². The number of rotatable bonds is 9. The highest BCUT2D eigenvalue weighted by Gasteiger charge is 2.28. The van der Waals surface area contributed by atoms with Crippen LogP contribution in [0.5, 0.6) is 5.75 Å². The van der Waals surface area contributed by atoms with E-state index in [1.54, 1.807) is 6.92 Å². The van der Waals surface area contributed by atoms with Gasteiger partial charge in [-0.05, 0) is 40.5 Å². The highest BCUT2D eigenvalue weighted by molar-refractivity contribution is 5.87. The van der Waals surface area contributed by atoms with E-state index < -0.39 is 0 Å². The number of piperazine rings is 1. The topological polar surface area (TPSA) is 54.8 Å². The van der Waals surface area contributed by atoms with Gasteiger partial charge in [-0.15, -0.1) is 0 Å². The number of carbonyl (C=O) groups excluding carboxylic acids is 2. The van der Waals surface area contributed by atoms with Crippen LogP contribution in [0, 0.1) is 0 Å². The maximum absolute atomic E-state index is 13.8. The Morgan fingerprint density at radius 3 is 2.12 bits per heavy atom. The molecular formula is C37H37N3O3. The summed E-state index contributed by atoms with van der Waals surface area (Å²) in [5, 5.41) is 1.15. The van der Waals surface area contributed by atoms with Crippen LogP contribution in [0.15, 0.2) is 115 Å². The number of aromatic nitrogens is 1. The Morgan fingerprint density at radius 2 is 1.40 bits per heavy atom. The molecule has 0 aliphatic carbocycles. The maximum Gasteiger partial charge on any atom is 0.223 e. The van der Waals surface area contributed by atoms with Crippen LogP contribution >= 0.6 is 0 Å². The molecule has 1 aliphatic heterocycles. The highest BCUT2D eigenvalue weighted by atomic mass is 16.5. The third-order valence-corrected chi connectivity index (χ3v) is 8.36. The molecule has 1 atom stereocenters. The van der Waals surface area contributed by atoms with Crippen LogP contribution in [-0.4, -0.2) is 52.4 Å². The normalized spacial score (nSPS) is 14.1. The lowest BCUT2D eigenvalue weighted by Gasteiger charge is -2.35. The number of amides is 2. The zero-order chi connectivity index (χ0) is 29.6. The minimum absolute atomic E-state index is 0.0588. The second kappa shape index (κ2) is 13.0. The second-order valence-corrected chi connectivity index (χ2v) is 11.2. The van der Waals surface area contributed by atoms with Gasteiger partial charge in [0.15, 0.2) is 0 Å². The Kier molecular flexibility index (Phi) is 8.55. The molecule has 0 N–H and O–H groups in total. The lowest BCUT2D eigenvalue weighted by Crippen LogP contribution is -2.50. The van der Waals surface area contributed by atoms with Crippen molar-refractivity contribution in [1.82, 2.24) is 14.4 Å². The van der Waals surface area contributed by atoms with Crippen molar-refractivity contribution >= 4 is 22.7 Å². The monoisotopic (exact) mass is 571 g/mol. The highest BCUT2D eigenvalue weighted by Crippen LogP contribution is 2.37. The molecular weight excluding hydrogens is 534 g/mol. The summed E-state index contributed by atoms with van der Waals surface area (Å²) >= 11 is 0. The number of carbonyl (C=O) groups is 2. The van der Waals surface area contributed by atoms with Crippen LogP contribution in [0.2, 0.25) is 0 Å². The van der Waals surface area contributed by atoms with E-state index in [0.29, 0.717) is 39.2 Å². The van der Waals surface area contributed by atoms with Crippen LogP contribution in [0.3, 0.4) is 0 Å². The van der Waals surface area contributed by atoms with Crippen LogP contribution in [0.4, 0.5) is 0 Å². The minimum Gasteiger partial charge on any atom is -0.489 e. The van der Waals surface area contributed by atoms with Gasteiger partial charge in [-0.1, -0.05) is 91.0 Å². The van der Waals surface area contributed by atoms with Crippen molar-refractivity contribution in [2.45, 2.75) is 32.4 Å². The van der Waals surface area contributed by atoms with Crippen LogP contribution in [-0.2, 0) is 22.7 Å². The first-order valence-corrected chi connectivity index (χ1v) is 15.0. The molecule has 4 aromatic carbocycles. The molecule has 1 saturated heterocycles. The molecule has 5 aromatic rings. The quantitative estimate of drug-likeness (QED) is 0.204. The summed E-state index contributed by atoms with van der Waals surface area (Å²) < 4.78 is 8.50. The zero-order valence-electron chi connectivity index (χ0n) is 24.6. The van der Waals surface area contributed by atoms with Gasteiger partial charge in [0.05, 0.1) is 0 Å². The van der Waals surface area contributed by atoms with Gasteiger partial charge in [-0.2, -0.15) is 0 Å². The fourth-order valence-corrected chi connectivity index (χ4v) is 6.01. The number of ether oxygens (including phenoxy) is 1. The lowest BCUT2D eigenvalue weighted by molar-refractivity contribution is -0.138. The van der Waals surface area contributed by atoms with Crippen molar-refractivity contribution in [2.24, 2.45) is 0 Å². The summed E-state index contributed by atoms with van der Waals surface area (Å²) in [6.45, 7) is 5.07. The third kappa shape index (κ3) is 6.64. The largest absolute Gasteiger partial charge is 0.489 e. The van der Waals surface area contributed by atoms with Crippen LogP contribution < -0.4 is 4.74 Å². The Morgan fingerprint density at radius 1 is 0.744 bits per heavy atom. The van der Waals surface area contributed by atoms with Crippen molar-refractivity contribution in [1.29, 1.82) is 0 Å². The Labute approximate surface area is 253 Å². The summed E-state index contributed by atoms with van der Waals surface area (Å²) in [5.41, 5.74) is 5.65. The molecule has 6 nitrogen and oxygen atoms in total. The number of benzene rings is 4. The molecule has 2 heterocycles. The van der Waals surface area contributed by atoms with Crippen LogP contribution in [0.25, 0.3) is 10.9 Å². The summed E-state index contributed by atoms with van der Waals surface area (Å²) in [6.07, 6.45) is 2.56. The van der Waals surface area contributed by atoms with Crippen molar-refractivity contribution in [3.8, 4) is 5.75 Å². The van der Waals surface area contributed by atoms with Gasteiger partial charge >= 0.3 is 0 Å². The molecule has 0 bridgehead atoms. The average Bonchev–Trinajstić information content (AvgIpc) is 3.41. The SMILES string of the molecule is CC(=O)N1CCN(C(=O)CC(c2cccc(OCc3ccccc3)c2)c2cn(Cc3ccccc3)c3ccccc23)CC1. The number of hydrogen-bond donors (Lipinski definition) is 0. The first-order chi connectivity index (χ1) is 21.0. The number of para-hydroxylation sites is 1. The standard InChI is InChI=1S/C37H37N3O3/c1-28(41)38-19-21-39(22-20-38)37(42)24-34(31-15-10-16-32(23-31)43-27-30-13-6-3-7-14-30)35-26-40(25-29-11-4-2-5-12-29)36-18-9-8-17-33(35)36/h2-18,23,26,34H,19-22,24-25,27H2,1H3. The zero-order valence-corrected chi connectivity index (χ0v) is 24.6. The first-order valence-electron chi connectivity index (χ1n) is 15.0. The predicted octanol–water partition coefficient (Wildman–Crippen LogP) is 6.48. The molecule has 1 fully saturated rings. The number of nitrogens with zero attached hydrogens (tertiary/aromatic N) is 3. The minimum atomic E-state index is -0.166. The number of fused-ring (bicyclic) bond motifs is 1. The molecule has 218 valence electrons. The fourth-order valence-electron chi connectivity index (χ4n) is 6.01. The Balaban J connectivity index is 1.34. The van der Waals surface area contributed by atoms with E-state index in [1.165, 1.54) is 5.56 Å². The van der Waals surface area contributed by atoms with E-state index in [2.05, 4.69) is 83.6 Å². The van der Waals surface area contributed by atoms with Crippen LogP contribution in [0.1, 0.15) is 41.5 Å². The lowest BCUT2D eigenvalue weighted by atomic mass is 9.87. The molecule has 0 saturated carbocycles. The summed E-state index contributed by atoms with van der Waals surface area (Å²) in [5.74, 6) is 0.773. The molecule has 6 heteroatoms. The van der Waals surface area contributed by atoms with Gasteiger partial charge < -0.3 is 19.1 Å². The first kappa shape index (κ1) is 28.3. The molecule has 1 aliphatic rings. The van der Waals surface area contributed by atoms with Crippen molar-refractivity contribution in [3.63, 3.8) is 0 Å².